The molecule has 3 rings (SSSR count). The van der Waals surface area contributed by atoms with Crippen LogP contribution >= 0.6 is 0 Å². The Hall–Kier alpha value is -3.81. The van der Waals surface area contributed by atoms with Crippen molar-refractivity contribution in [3.63, 3.8) is 0 Å². The maximum absolute atomic E-state index is 12.5. The maximum Gasteiger partial charge on any atom is 0.363 e. The summed E-state index contributed by atoms with van der Waals surface area (Å²) in [6.45, 7) is -0.0147. The molecule has 156 valence electrons. The average molecular weight is 409 g/mol. The lowest BCUT2D eigenvalue weighted by Gasteiger charge is -2.17. The van der Waals surface area contributed by atoms with Gasteiger partial charge in [-0.05, 0) is 29.8 Å². The van der Waals surface area contributed by atoms with Gasteiger partial charge in [-0.15, -0.1) is 0 Å². The molecule has 0 aliphatic heterocycles. The number of carbonyl (C=O) groups excluding carboxylic acids is 2. The third-order valence-corrected chi connectivity index (χ3v) is 4.45. The average Bonchev–Trinajstić information content (AvgIpc) is 3.23. The summed E-state index contributed by atoms with van der Waals surface area (Å²) in [5, 5.41) is 4.24. The van der Waals surface area contributed by atoms with Crippen LogP contribution in [0, 0.1) is 0 Å². The molecule has 0 aliphatic rings. The first-order valence-corrected chi connectivity index (χ1v) is 9.25. The van der Waals surface area contributed by atoms with Gasteiger partial charge in [0.1, 0.15) is 5.75 Å². The van der Waals surface area contributed by atoms with Crippen LogP contribution in [0.5, 0.6) is 11.5 Å². The van der Waals surface area contributed by atoms with Crippen LogP contribution in [0.25, 0.3) is 5.69 Å². The number of para-hydroxylation sites is 1. The van der Waals surface area contributed by atoms with Gasteiger partial charge in [-0.1, -0.05) is 30.3 Å². The molecule has 0 saturated heterocycles. The molecule has 8 nitrogen and oxygen atoms in total. The molecule has 3 aromatic rings. The molecule has 0 spiro atoms. The van der Waals surface area contributed by atoms with Gasteiger partial charge < -0.3 is 19.1 Å². The van der Waals surface area contributed by atoms with E-state index in [1.807, 2.05) is 54.6 Å². The molecule has 8 heteroatoms. The molecule has 0 atom stereocenters. The number of carbonyl (C=O) groups is 2. The summed E-state index contributed by atoms with van der Waals surface area (Å²) >= 11 is 0. The summed E-state index contributed by atoms with van der Waals surface area (Å²) in [5.41, 5.74) is 1.71. The molecule has 0 N–H and O–H groups in total. The second kappa shape index (κ2) is 9.60. The molecular weight excluding hydrogens is 386 g/mol. The van der Waals surface area contributed by atoms with Gasteiger partial charge >= 0.3 is 5.97 Å². The number of hydrogen-bond donors (Lipinski definition) is 0. The van der Waals surface area contributed by atoms with E-state index in [1.54, 1.807) is 20.4 Å². The van der Waals surface area contributed by atoms with Gasteiger partial charge in [0, 0.05) is 13.6 Å². The molecule has 0 radical (unpaired) electrons. The van der Waals surface area contributed by atoms with Gasteiger partial charge in [0.25, 0.3) is 5.91 Å². The van der Waals surface area contributed by atoms with Gasteiger partial charge in [0.05, 0.1) is 26.1 Å². The quantitative estimate of drug-likeness (QED) is 0.532. The van der Waals surface area contributed by atoms with E-state index in [1.165, 1.54) is 16.7 Å². The Kier molecular flexibility index (Phi) is 6.69. The highest BCUT2D eigenvalue weighted by molar-refractivity contribution is 5.92. The number of methoxy groups -OCH3 is 2. The van der Waals surface area contributed by atoms with Crippen molar-refractivity contribution in [2.45, 2.75) is 6.54 Å². The Morgan fingerprint density at radius 3 is 2.33 bits per heavy atom. The summed E-state index contributed by atoms with van der Waals surface area (Å²) in [7, 11) is 4.68. The maximum atomic E-state index is 12.5. The highest BCUT2D eigenvalue weighted by atomic mass is 16.5. The first-order chi connectivity index (χ1) is 14.5. The lowest BCUT2D eigenvalue weighted by molar-refractivity contribution is -0.133. The van der Waals surface area contributed by atoms with Crippen LogP contribution in [0.15, 0.2) is 60.8 Å². The molecule has 0 fully saturated rings. The number of rotatable bonds is 8. The lowest BCUT2D eigenvalue weighted by Crippen LogP contribution is -2.31. The fraction of sp³-hybridized carbons (Fsp3) is 0.227. The Labute approximate surface area is 174 Å². The largest absolute Gasteiger partial charge is 0.497 e. The zero-order valence-corrected chi connectivity index (χ0v) is 17.1. The van der Waals surface area contributed by atoms with E-state index >= 15 is 0 Å². The van der Waals surface area contributed by atoms with Gasteiger partial charge in [-0.3, -0.25) is 4.79 Å². The van der Waals surface area contributed by atoms with E-state index in [2.05, 4.69) is 5.10 Å². The van der Waals surface area contributed by atoms with Gasteiger partial charge in [0.2, 0.25) is 5.69 Å². The monoisotopic (exact) mass is 409 g/mol. The van der Waals surface area contributed by atoms with Crippen LogP contribution in [0.1, 0.15) is 16.1 Å². The number of nitrogens with zero attached hydrogens (tertiary/aromatic N) is 3. The number of benzene rings is 2. The van der Waals surface area contributed by atoms with E-state index in [0.717, 1.165) is 17.0 Å². The highest BCUT2D eigenvalue weighted by Gasteiger charge is 2.21. The van der Waals surface area contributed by atoms with Crippen LogP contribution in [0.3, 0.4) is 0 Å². The topological polar surface area (TPSA) is 82.9 Å². The number of esters is 1. The predicted octanol–water partition coefficient (Wildman–Crippen LogP) is 2.70. The molecule has 2 aromatic carbocycles. The zero-order chi connectivity index (χ0) is 21.5. The van der Waals surface area contributed by atoms with E-state index < -0.39 is 12.6 Å². The first kappa shape index (κ1) is 20.9. The van der Waals surface area contributed by atoms with Crippen LogP contribution < -0.4 is 9.47 Å². The van der Waals surface area contributed by atoms with Crippen LogP contribution in [-0.2, 0) is 16.1 Å². The smallest absolute Gasteiger partial charge is 0.363 e. The minimum Gasteiger partial charge on any atom is -0.497 e. The molecule has 0 aliphatic carbocycles. The Morgan fingerprint density at radius 1 is 1.00 bits per heavy atom. The van der Waals surface area contributed by atoms with Crippen molar-refractivity contribution in [1.29, 1.82) is 0 Å². The van der Waals surface area contributed by atoms with Crippen molar-refractivity contribution >= 4 is 11.9 Å². The Balaban J connectivity index is 1.60. The second-order valence-corrected chi connectivity index (χ2v) is 6.50. The zero-order valence-electron chi connectivity index (χ0n) is 17.1. The highest BCUT2D eigenvalue weighted by Crippen LogP contribution is 2.20. The predicted molar refractivity (Wildman–Crippen MR) is 110 cm³/mol. The van der Waals surface area contributed by atoms with Crippen molar-refractivity contribution in [1.82, 2.24) is 14.7 Å². The summed E-state index contributed by atoms with van der Waals surface area (Å²) < 4.78 is 17.0. The van der Waals surface area contributed by atoms with Crippen molar-refractivity contribution in [3.8, 4) is 17.2 Å². The summed E-state index contributed by atoms with van der Waals surface area (Å²) in [6.07, 6.45) is 1.59. The Morgan fingerprint density at radius 2 is 1.70 bits per heavy atom. The van der Waals surface area contributed by atoms with Gasteiger partial charge in [0.15, 0.2) is 12.4 Å². The van der Waals surface area contributed by atoms with Gasteiger partial charge in [-0.25, -0.2) is 9.48 Å². The second-order valence-electron chi connectivity index (χ2n) is 6.50. The van der Waals surface area contributed by atoms with Crippen LogP contribution in [0.2, 0.25) is 0 Å². The van der Waals surface area contributed by atoms with Crippen molar-refractivity contribution in [3.05, 3.63) is 72.1 Å². The fourth-order valence-corrected chi connectivity index (χ4v) is 2.76. The SMILES string of the molecule is COc1ccc(CN(C)C(=O)COC(=O)c2nn(-c3ccccc3)cc2OC)cc1. The fourth-order valence-electron chi connectivity index (χ4n) is 2.76. The molecule has 0 saturated carbocycles. The first-order valence-electron chi connectivity index (χ1n) is 9.25. The van der Waals surface area contributed by atoms with Crippen molar-refractivity contribution in [2.24, 2.45) is 0 Å². The molecular formula is C22H23N3O5. The summed E-state index contributed by atoms with van der Waals surface area (Å²) in [4.78, 5) is 26.3. The number of likely N-dealkylation sites (N-methyl/N-ethyl adjacent to an activating group) is 1. The Bertz CT molecular complexity index is 999. The molecule has 0 unspecified atom stereocenters. The number of hydrogen-bond acceptors (Lipinski definition) is 6. The molecule has 1 aromatic heterocycles. The summed E-state index contributed by atoms with van der Waals surface area (Å²) in [6, 6.07) is 16.7. The van der Waals surface area contributed by atoms with E-state index in [-0.39, 0.29) is 17.4 Å². The third kappa shape index (κ3) is 4.96. The molecule has 1 amide bonds. The van der Waals surface area contributed by atoms with Gasteiger partial charge in [-0.2, -0.15) is 5.10 Å². The normalized spacial score (nSPS) is 10.4. The van der Waals surface area contributed by atoms with E-state index in [9.17, 15) is 9.59 Å². The van der Waals surface area contributed by atoms with Crippen molar-refractivity contribution < 1.29 is 23.8 Å². The van der Waals surface area contributed by atoms with Crippen LogP contribution in [0.4, 0.5) is 0 Å². The minimum atomic E-state index is -0.729. The number of aromatic nitrogens is 2. The summed E-state index contributed by atoms with van der Waals surface area (Å²) in [5.74, 6) is -0.0539. The third-order valence-electron chi connectivity index (χ3n) is 4.45. The van der Waals surface area contributed by atoms with E-state index in [4.69, 9.17) is 14.2 Å². The standard InChI is InChI=1S/C22H23N3O5/c1-24(13-16-9-11-18(28-2)12-10-16)20(26)15-30-22(27)21-19(29-3)14-25(23-21)17-7-5-4-6-8-17/h4-12,14H,13,15H2,1-3H3. The molecule has 30 heavy (non-hydrogen) atoms. The number of ether oxygens (including phenoxy) is 3. The molecule has 1 heterocycles. The molecule has 0 bridgehead atoms. The van der Waals surface area contributed by atoms with Crippen LogP contribution in [-0.4, -0.2) is 54.4 Å². The lowest BCUT2D eigenvalue weighted by atomic mass is 10.2. The minimum absolute atomic E-state index is 0.00644. The number of amides is 1. The van der Waals surface area contributed by atoms with E-state index in [0.29, 0.717) is 6.54 Å². The van der Waals surface area contributed by atoms with Crippen molar-refractivity contribution in [2.75, 3.05) is 27.9 Å².